The Morgan fingerprint density at radius 2 is 2.00 bits per heavy atom. The van der Waals surface area contributed by atoms with Gasteiger partial charge in [0.15, 0.2) is 0 Å². The minimum absolute atomic E-state index is 0.0793. The molecular formula is C17H20N2O2. The molecule has 4 heteroatoms. The highest BCUT2D eigenvalue weighted by molar-refractivity contribution is 5.78. The van der Waals surface area contributed by atoms with Gasteiger partial charge in [-0.15, -0.1) is 0 Å². The Morgan fingerprint density at radius 1 is 1.24 bits per heavy atom. The van der Waals surface area contributed by atoms with Crippen molar-refractivity contribution in [2.45, 2.75) is 12.8 Å². The number of nitrogens with one attached hydrogen (secondary N) is 1. The van der Waals surface area contributed by atoms with E-state index >= 15 is 0 Å². The number of amides is 1. The molecule has 1 aliphatic rings. The van der Waals surface area contributed by atoms with E-state index in [0.717, 1.165) is 37.4 Å². The van der Waals surface area contributed by atoms with Crippen LogP contribution in [0.3, 0.4) is 0 Å². The molecule has 110 valence electrons. The molecule has 0 aliphatic carbocycles. The summed E-state index contributed by atoms with van der Waals surface area (Å²) < 4.78 is 7.35. The van der Waals surface area contributed by atoms with Gasteiger partial charge in [0.2, 0.25) is 5.91 Å². The van der Waals surface area contributed by atoms with Crippen LogP contribution in [0.2, 0.25) is 0 Å². The average Bonchev–Trinajstić information content (AvgIpc) is 3.19. The summed E-state index contributed by atoms with van der Waals surface area (Å²) in [7, 11) is 0. The first-order chi connectivity index (χ1) is 10.3. The summed E-state index contributed by atoms with van der Waals surface area (Å²) in [5, 5.41) is 2.99. The molecule has 21 heavy (non-hydrogen) atoms. The van der Waals surface area contributed by atoms with Crippen molar-refractivity contribution in [3.05, 3.63) is 54.4 Å². The molecule has 0 radical (unpaired) electrons. The van der Waals surface area contributed by atoms with Gasteiger partial charge in [-0.3, -0.25) is 4.79 Å². The molecule has 1 N–H and O–H groups in total. The second-order valence-electron chi connectivity index (χ2n) is 5.47. The van der Waals surface area contributed by atoms with Crippen molar-refractivity contribution in [3.8, 4) is 5.69 Å². The molecule has 1 saturated heterocycles. The standard InChI is InChI=1S/C17H20N2O2/c20-17(18-12-15-7-10-21-13-15)11-14-3-5-16(6-4-14)19-8-1-2-9-19/h1-6,8-9,15H,7,10-13H2,(H,18,20)/t15-/m1/s1. The van der Waals surface area contributed by atoms with Crippen LogP contribution in [0.1, 0.15) is 12.0 Å². The van der Waals surface area contributed by atoms with Crippen LogP contribution >= 0.6 is 0 Å². The first kappa shape index (κ1) is 13.9. The van der Waals surface area contributed by atoms with Gasteiger partial charge in [-0.1, -0.05) is 12.1 Å². The van der Waals surface area contributed by atoms with Crippen molar-refractivity contribution in [3.63, 3.8) is 0 Å². The van der Waals surface area contributed by atoms with Crippen LogP contribution in [-0.4, -0.2) is 30.2 Å². The highest BCUT2D eigenvalue weighted by atomic mass is 16.5. The van der Waals surface area contributed by atoms with E-state index in [4.69, 9.17) is 4.74 Å². The Bertz CT molecular complexity index is 569. The van der Waals surface area contributed by atoms with E-state index in [0.29, 0.717) is 12.3 Å². The van der Waals surface area contributed by atoms with E-state index in [9.17, 15) is 4.79 Å². The summed E-state index contributed by atoms with van der Waals surface area (Å²) in [6, 6.07) is 12.1. The predicted molar refractivity (Wildman–Crippen MR) is 81.4 cm³/mol. The Hall–Kier alpha value is -2.07. The molecule has 0 saturated carbocycles. The van der Waals surface area contributed by atoms with Crippen LogP contribution in [0.15, 0.2) is 48.8 Å². The quantitative estimate of drug-likeness (QED) is 0.914. The number of nitrogens with zero attached hydrogens (tertiary/aromatic N) is 1. The van der Waals surface area contributed by atoms with Gasteiger partial charge >= 0.3 is 0 Å². The van der Waals surface area contributed by atoms with Crippen molar-refractivity contribution in [2.24, 2.45) is 5.92 Å². The molecule has 1 aromatic heterocycles. The monoisotopic (exact) mass is 284 g/mol. The van der Waals surface area contributed by atoms with Crippen LogP contribution in [0, 0.1) is 5.92 Å². The lowest BCUT2D eigenvalue weighted by molar-refractivity contribution is -0.120. The Labute approximate surface area is 124 Å². The third kappa shape index (κ3) is 3.73. The van der Waals surface area contributed by atoms with Crippen LogP contribution < -0.4 is 5.32 Å². The first-order valence-corrected chi connectivity index (χ1v) is 7.38. The number of ether oxygens (including phenoxy) is 1. The molecule has 2 aromatic rings. The van der Waals surface area contributed by atoms with Crippen LogP contribution in [0.25, 0.3) is 5.69 Å². The van der Waals surface area contributed by atoms with Crippen LogP contribution in [-0.2, 0) is 16.0 Å². The Morgan fingerprint density at radius 3 is 2.67 bits per heavy atom. The lowest BCUT2D eigenvalue weighted by Gasteiger charge is -2.10. The zero-order chi connectivity index (χ0) is 14.5. The topological polar surface area (TPSA) is 43.3 Å². The number of hydrogen-bond acceptors (Lipinski definition) is 2. The SMILES string of the molecule is O=C(Cc1ccc(-n2cccc2)cc1)NC[C@H]1CCOC1. The van der Waals surface area contributed by atoms with Gasteiger partial charge in [0, 0.05) is 37.2 Å². The van der Waals surface area contributed by atoms with E-state index in [2.05, 4.69) is 5.32 Å². The highest BCUT2D eigenvalue weighted by Gasteiger charge is 2.16. The first-order valence-electron chi connectivity index (χ1n) is 7.38. The second kappa shape index (κ2) is 6.59. The third-order valence-corrected chi connectivity index (χ3v) is 3.82. The van der Waals surface area contributed by atoms with Crippen LogP contribution in [0.4, 0.5) is 0 Å². The molecule has 0 bridgehead atoms. The zero-order valence-electron chi connectivity index (χ0n) is 12.0. The molecule has 4 nitrogen and oxygen atoms in total. The van der Waals surface area contributed by atoms with Gasteiger partial charge in [-0.05, 0) is 36.2 Å². The number of carbonyl (C=O) groups excluding carboxylic acids is 1. The summed E-state index contributed by atoms with van der Waals surface area (Å²) in [5.41, 5.74) is 2.14. The van der Waals surface area contributed by atoms with Crippen molar-refractivity contribution in [1.29, 1.82) is 0 Å². The molecule has 0 spiro atoms. The Kier molecular flexibility index (Phi) is 4.36. The molecule has 0 unspecified atom stereocenters. The van der Waals surface area contributed by atoms with E-state index in [1.54, 1.807) is 0 Å². The largest absolute Gasteiger partial charge is 0.381 e. The minimum Gasteiger partial charge on any atom is -0.381 e. The zero-order valence-corrected chi connectivity index (χ0v) is 12.0. The predicted octanol–water partition coefficient (Wildman–Crippen LogP) is 2.17. The Balaban J connectivity index is 1.51. The van der Waals surface area contributed by atoms with E-state index < -0.39 is 0 Å². The number of rotatable bonds is 5. The molecule has 1 atom stereocenters. The molecular weight excluding hydrogens is 264 g/mol. The molecule has 1 fully saturated rings. The van der Waals surface area contributed by atoms with Gasteiger partial charge in [0.25, 0.3) is 0 Å². The van der Waals surface area contributed by atoms with Crippen molar-refractivity contribution >= 4 is 5.91 Å². The van der Waals surface area contributed by atoms with E-state index in [-0.39, 0.29) is 5.91 Å². The van der Waals surface area contributed by atoms with Gasteiger partial charge in [-0.2, -0.15) is 0 Å². The van der Waals surface area contributed by atoms with Gasteiger partial charge in [0.05, 0.1) is 13.0 Å². The second-order valence-corrected chi connectivity index (χ2v) is 5.47. The maximum absolute atomic E-state index is 11.9. The van der Waals surface area contributed by atoms with E-state index in [1.807, 2.05) is 53.4 Å². The fraction of sp³-hybridized carbons (Fsp3) is 0.353. The fourth-order valence-electron chi connectivity index (χ4n) is 2.54. The molecule has 1 aromatic carbocycles. The smallest absolute Gasteiger partial charge is 0.224 e. The normalized spacial score (nSPS) is 17.8. The van der Waals surface area contributed by atoms with Gasteiger partial charge < -0.3 is 14.6 Å². The summed E-state index contributed by atoms with van der Waals surface area (Å²) in [6.07, 6.45) is 5.49. The number of hydrogen-bond donors (Lipinski definition) is 1. The van der Waals surface area contributed by atoms with Gasteiger partial charge in [-0.25, -0.2) is 0 Å². The van der Waals surface area contributed by atoms with E-state index in [1.165, 1.54) is 0 Å². The molecule has 3 rings (SSSR count). The summed E-state index contributed by atoms with van der Waals surface area (Å²) in [6.45, 7) is 2.31. The van der Waals surface area contributed by atoms with Crippen molar-refractivity contribution in [1.82, 2.24) is 9.88 Å². The third-order valence-electron chi connectivity index (χ3n) is 3.82. The highest BCUT2D eigenvalue weighted by Crippen LogP contribution is 2.12. The van der Waals surface area contributed by atoms with Crippen molar-refractivity contribution < 1.29 is 9.53 Å². The summed E-state index contributed by atoms with van der Waals surface area (Å²) >= 11 is 0. The number of benzene rings is 1. The van der Waals surface area contributed by atoms with Gasteiger partial charge in [0.1, 0.15) is 0 Å². The number of aromatic nitrogens is 1. The molecule has 2 heterocycles. The number of carbonyl (C=O) groups is 1. The minimum atomic E-state index is 0.0793. The average molecular weight is 284 g/mol. The fourth-order valence-corrected chi connectivity index (χ4v) is 2.54. The maximum atomic E-state index is 11.9. The molecule has 1 amide bonds. The summed E-state index contributed by atoms with van der Waals surface area (Å²) in [5.74, 6) is 0.556. The van der Waals surface area contributed by atoms with Crippen LogP contribution in [0.5, 0.6) is 0 Å². The van der Waals surface area contributed by atoms with Crippen molar-refractivity contribution in [2.75, 3.05) is 19.8 Å². The molecule has 1 aliphatic heterocycles. The lowest BCUT2D eigenvalue weighted by Crippen LogP contribution is -2.30. The maximum Gasteiger partial charge on any atom is 0.224 e. The summed E-state index contributed by atoms with van der Waals surface area (Å²) in [4.78, 5) is 11.9. The lowest BCUT2D eigenvalue weighted by atomic mass is 10.1.